The van der Waals surface area contributed by atoms with Crippen molar-refractivity contribution in [1.29, 1.82) is 0 Å². The van der Waals surface area contributed by atoms with Gasteiger partial charge in [-0.05, 0) is 83.5 Å². The monoisotopic (exact) mass is 900 g/mol. The molecule has 0 fully saturated rings. The molecule has 0 saturated carbocycles. The molecule has 2 unspecified atom stereocenters. The summed E-state index contributed by atoms with van der Waals surface area (Å²) in [6.07, 6.45) is 65.6. The number of hydrogen-bond donors (Lipinski definition) is 3. The van der Waals surface area contributed by atoms with E-state index in [-0.39, 0.29) is 18.5 Å². The van der Waals surface area contributed by atoms with Gasteiger partial charge < -0.3 is 20.3 Å². The molecular formula is C58H109NO5. The second-order valence-corrected chi connectivity index (χ2v) is 19.3. The maximum Gasteiger partial charge on any atom is 0.305 e. The van der Waals surface area contributed by atoms with Crippen LogP contribution in [0, 0.1) is 0 Å². The molecule has 376 valence electrons. The molecular weight excluding hydrogens is 791 g/mol. The molecule has 0 saturated heterocycles. The number of carbonyl (C=O) groups is 2. The van der Waals surface area contributed by atoms with Crippen molar-refractivity contribution in [2.24, 2.45) is 0 Å². The first-order valence-corrected chi connectivity index (χ1v) is 28.3. The Morgan fingerprint density at radius 2 is 0.781 bits per heavy atom. The van der Waals surface area contributed by atoms with Crippen LogP contribution in [0.25, 0.3) is 0 Å². The fourth-order valence-corrected chi connectivity index (χ4v) is 8.57. The lowest BCUT2D eigenvalue weighted by atomic mass is 10.0. The summed E-state index contributed by atoms with van der Waals surface area (Å²) in [5.74, 6) is -0.0669. The molecule has 0 heterocycles. The fraction of sp³-hybridized carbons (Fsp3) is 0.862. The molecule has 2 atom stereocenters. The van der Waals surface area contributed by atoms with Gasteiger partial charge in [0.05, 0.1) is 25.4 Å². The normalized spacial score (nSPS) is 12.9. The summed E-state index contributed by atoms with van der Waals surface area (Å²) in [7, 11) is 0. The maximum atomic E-state index is 12.5. The molecule has 64 heavy (non-hydrogen) atoms. The van der Waals surface area contributed by atoms with Gasteiger partial charge in [-0.15, -0.1) is 0 Å². The van der Waals surface area contributed by atoms with E-state index in [1.807, 2.05) is 0 Å². The number of allylic oxidation sites excluding steroid dienone is 6. The molecule has 0 rings (SSSR count). The molecule has 0 bridgehead atoms. The quantitative estimate of drug-likeness (QED) is 0.0245. The second kappa shape index (κ2) is 53.7. The number of carbonyl (C=O) groups excluding carboxylic acids is 2. The van der Waals surface area contributed by atoms with Crippen LogP contribution in [0.4, 0.5) is 0 Å². The Kier molecular flexibility index (Phi) is 52.1. The number of unbranched alkanes of at least 4 members (excludes halogenated alkanes) is 36. The summed E-state index contributed by atoms with van der Waals surface area (Å²) < 4.78 is 5.44. The molecule has 1 amide bonds. The highest BCUT2D eigenvalue weighted by molar-refractivity contribution is 5.76. The van der Waals surface area contributed by atoms with Gasteiger partial charge in [0, 0.05) is 12.8 Å². The van der Waals surface area contributed by atoms with Gasteiger partial charge in [0.15, 0.2) is 0 Å². The lowest BCUT2D eigenvalue weighted by Crippen LogP contribution is -2.45. The van der Waals surface area contributed by atoms with Gasteiger partial charge >= 0.3 is 5.97 Å². The van der Waals surface area contributed by atoms with E-state index in [9.17, 15) is 19.8 Å². The predicted molar refractivity (Wildman–Crippen MR) is 278 cm³/mol. The zero-order chi connectivity index (χ0) is 46.5. The largest absolute Gasteiger partial charge is 0.466 e. The number of nitrogens with one attached hydrogen (secondary N) is 1. The smallest absolute Gasteiger partial charge is 0.305 e. The Hall–Kier alpha value is -1.92. The molecule has 6 heteroatoms. The van der Waals surface area contributed by atoms with Crippen LogP contribution in [0.3, 0.4) is 0 Å². The lowest BCUT2D eigenvalue weighted by molar-refractivity contribution is -0.143. The van der Waals surface area contributed by atoms with Crippen LogP contribution in [0.15, 0.2) is 36.5 Å². The van der Waals surface area contributed by atoms with E-state index in [4.69, 9.17) is 4.74 Å². The number of ether oxygens (including phenoxy) is 1. The highest BCUT2D eigenvalue weighted by Gasteiger charge is 2.20. The van der Waals surface area contributed by atoms with Crippen LogP contribution in [-0.2, 0) is 14.3 Å². The van der Waals surface area contributed by atoms with Gasteiger partial charge in [-0.25, -0.2) is 0 Å². The highest BCUT2D eigenvalue weighted by atomic mass is 16.5. The third-order valence-corrected chi connectivity index (χ3v) is 12.9. The van der Waals surface area contributed by atoms with Gasteiger partial charge in [-0.3, -0.25) is 9.59 Å². The minimum atomic E-state index is -0.671. The van der Waals surface area contributed by atoms with Crippen LogP contribution >= 0.6 is 0 Å². The van der Waals surface area contributed by atoms with E-state index in [0.717, 1.165) is 70.6 Å². The van der Waals surface area contributed by atoms with Crippen LogP contribution in [0.2, 0.25) is 0 Å². The summed E-state index contributed by atoms with van der Waals surface area (Å²) in [4.78, 5) is 24.5. The summed E-state index contributed by atoms with van der Waals surface area (Å²) >= 11 is 0. The van der Waals surface area contributed by atoms with E-state index >= 15 is 0 Å². The minimum Gasteiger partial charge on any atom is -0.466 e. The average Bonchev–Trinajstić information content (AvgIpc) is 3.29. The maximum absolute atomic E-state index is 12.5. The molecule has 0 aromatic heterocycles. The molecule has 0 aromatic rings. The number of amides is 1. The minimum absolute atomic E-state index is 0.0221. The van der Waals surface area contributed by atoms with Gasteiger partial charge in [0.2, 0.25) is 5.91 Å². The van der Waals surface area contributed by atoms with Crippen molar-refractivity contribution in [3.8, 4) is 0 Å². The Morgan fingerprint density at radius 3 is 1.20 bits per heavy atom. The van der Waals surface area contributed by atoms with Crippen molar-refractivity contribution < 1.29 is 24.5 Å². The van der Waals surface area contributed by atoms with Crippen molar-refractivity contribution in [2.75, 3.05) is 13.2 Å². The van der Waals surface area contributed by atoms with Crippen molar-refractivity contribution in [1.82, 2.24) is 5.32 Å². The van der Waals surface area contributed by atoms with Crippen molar-refractivity contribution >= 4 is 11.9 Å². The summed E-state index contributed by atoms with van der Waals surface area (Å²) in [5.41, 5.74) is 0. The van der Waals surface area contributed by atoms with E-state index in [1.54, 1.807) is 0 Å². The summed E-state index contributed by atoms with van der Waals surface area (Å²) in [6.45, 7) is 4.90. The molecule has 6 nitrogen and oxygen atoms in total. The number of esters is 1. The van der Waals surface area contributed by atoms with Gasteiger partial charge in [0.1, 0.15) is 0 Å². The van der Waals surface area contributed by atoms with E-state index < -0.39 is 12.1 Å². The van der Waals surface area contributed by atoms with Gasteiger partial charge in [-0.2, -0.15) is 0 Å². The number of aliphatic hydroxyl groups excluding tert-OH is 2. The third kappa shape index (κ3) is 49.5. The third-order valence-electron chi connectivity index (χ3n) is 12.9. The Bertz CT molecular complexity index is 1040. The number of aliphatic hydroxyl groups is 2. The zero-order valence-electron chi connectivity index (χ0n) is 42.8. The molecule has 0 aliphatic carbocycles. The number of hydrogen-bond acceptors (Lipinski definition) is 5. The summed E-state index contributed by atoms with van der Waals surface area (Å²) in [5, 5.41) is 23.2. The highest BCUT2D eigenvalue weighted by Crippen LogP contribution is 2.16. The van der Waals surface area contributed by atoms with Gasteiger partial charge in [0.25, 0.3) is 0 Å². The van der Waals surface area contributed by atoms with Crippen LogP contribution < -0.4 is 5.32 Å². The molecule has 0 radical (unpaired) electrons. The standard InChI is InChI=1S/C58H109NO5/c1-3-5-7-9-11-13-15-17-26-30-34-38-42-46-50-56(61)55(54-60)59-57(62)51-47-43-39-35-31-27-24-22-20-19-21-23-25-29-33-37-41-45-49-53-64-58(63)52-48-44-40-36-32-28-18-16-14-12-10-8-6-4-2/h16,18,23,25,29,33,55-56,60-61H,3-15,17,19-22,24,26-28,30-32,34-54H2,1-2H3,(H,59,62)/b18-16-,25-23-,33-29-. The van der Waals surface area contributed by atoms with Crippen molar-refractivity contribution in [3.63, 3.8) is 0 Å². The van der Waals surface area contributed by atoms with E-state index in [0.29, 0.717) is 25.9 Å². The Labute approximate surface area is 398 Å². The van der Waals surface area contributed by atoms with Crippen molar-refractivity contribution in [3.05, 3.63) is 36.5 Å². The Balaban J connectivity index is 3.48. The molecule has 0 aliphatic rings. The fourth-order valence-electron chi connectivity index (χ4n) is 8.57. The van der Waals surface area contributed by atoms with Gasteiger partial charge in [-0.1, -0.05) is 237 Å². The summed E-state index contributed by atoms with van der Waals surface area (Å²) in [6, 6.07) is -0.549. The average molecular weight is 901 g/mol. The zero-order valence-corrected chi connectivity index (χ0v) is 42.8. The number of rotatable bonds is 52. The Morgan fingerprint density at radius 1 is 0.438 bits per heavy atom. The topological polar surface area (TPSA) is 95.9 Å². The second-order valence-electron chi connectivity index (χ2n) is 19.3. The predicted octanol–water partition coefficient (Wildman–Crippen LogP) is 17.2. The van der Waals surface area contributed by atoms with Crippen LogP contribution in [-0.4, -0.2) is 47.4 Å². The van der Waals surface area contributed by atoms with Crippen molar-refractivity contribution in [2.45, 2.75) is 309 Å². The first kappa shape index (κ1) is 62.1. The van der Waals surface area contributed by atoms with E-state index in [1.165, 1.54) is 193 Å². The molecule has 0 spiro atoms. The molecule has 0 aliphatic heterocycles. The molecule has 3 N–H and O–H groups in total. The SMILES string of the molecule is CCCCCCC/C=C\CCCCCCCC(=O)OCCCCC/C=C\C=C/CCCCCCCCCCCCC(=O)NC(CO)C(O)CCCCCCCCCCCCCCCC. The first-order chi connectivity index (χ1) is 31.5. The van der Waals surface area contributed by atoms with Crippen LogP contribution in [0.1, 0.15) is 296 Å². The first-order valence-electron chi connectivity index (χ1n) is 28.3. The van der Waals surface area contributed by atoms with Crippen LogP contribution in [0.5, 0.6) is 0 Å². The molecule has 0 aromatic carbocycles. The van der Waals surface area contributed by atoms with E-state index in [2.05, 4.69) is 55.6 Å². The lowest BCUT2D eigenvalue weighted by Gasteiger charge is -2.22.